The number of nitrogens with zero attached hydrogens (tertiary/aromatic N) is 2. The number of hydrogen-bond acceptors (Lipinski definition) is 6. The molecule has 0 saturated heterocycles. The molecule has 0 amide bonds. The fraction of sp³-hybridized carbons (Fsp3) is 0.436. The number of carbonyl (C=O) groups excluding carboxylic acids is 1. The maximum absolute atomic E-state index is 11.7. The Morgan fingerprint density at radius 1 is 0.978 bits per heavy atom. The maximum atomic E-state index is 11.7. The molecule has 7 heteroatoms. The number of anilines is 1. The third-order valence-corrected chi connectivity index (χ3v) is 10.1. The molecule has 0 fully saturated rings. The van der Waals surface area contributed by atoms with Gasteiger partial charge in [0.05, 0.1) is 11.8 Å². The predicted molar refractivity (Wildman–Crippen MR) is 182 cm³/mol. The average molecular weight is 624 g/mol. The molecule has 1 atom stereocenters. The van der Waals surface area contributed by atoms with Crippen LogP contribution < -0.4 is 4.90 Å². The van der Waals surface area contributed by atoms with Crippen molar-refractivity contribution in [2.75, 3.05) is 31.2 Å². The zero-order valence-electron chi connectivity index (χ0n) is 28.2. The standard InChI is InChI=1S/C21H19NO3.C18H28NO2/c1-21(2)14-5-3-4-6-15(14)22-10-9-17-13(20(21)22)11-12-7-8-16(23)18(24)19(12)25-17;1-6-20-17(21-7-2)12-13-19-14(3)18(4,5)15-10-8-9-11-16(15)19/h3-8,11,17,24H,9-10H2,1-2H3;8-11,17H,6-7,12-13H2,1-5H3/q;+1. The number of ether oxygens (including phenoxy) is 3. The molecule has 4 heterocycles. The van der Waals surface area contributed by atoms with Crippen LogP contribution in [-0.4, -0.2) is 59.9 Å². The quantitative estimate of drug-likeness (QED) is 0.254. The Morgan fingerprint density at radius 2 is 1.65 bits per heavy atom. The van der Waals surface area contributed by atoms with Gasteiger partial charge in [0, 0.05) is 72.7 Å². The van der Waals surface area contributed by atoms with Crippen molar-refractivity contribution in [3.63, 3.8) is 0 Å². The van der Waals surface area contributed by atoms with E-state index in [4.69, 9.17) is 14.2 Å². The van der Waals surface area contributed by atoms with Crippen LogP contribution in [0.5, 0.6) is 0 Å². The van der Waals surface area contributed by atoms with Crippen molar-refractivity contribution in [3.8, 4) is 0 Å². The molecule has 0 bridgehead atoms. The lowest BCUT2D eigenvalue weighted by Crippen LogP contribution is -2.39. The summed E-state index contributed by atoms with van der Waals surface area (Å²) < 4.78 is 19.8. The van der Waals surface area contributed by atoms with Crippen LogP contribution in [-0.2, 0) is 29.8 Å². The van der Waals surface area contributed by atoms with E-state index in [2.05, 4.69) is 98.7 Å². The summed E-state index contributed by atoms with van der Waals surface area (Å²) >= 11 is 0. The van der Waals surface area contributed by atoms with E-state index in [-0.39, 0.29) is 29.0 Å². The van der Waals surface area contributed by atoms with Gasteiger partial charge in [-0.2, -0.15) is 4.58 Å². The van der Waals surface area contributed by atoms with Crippen LogP contribution in [0.1, 0.15) is 72.4 Å². The fourth-order valence-corrected chi connectivity index (χ4v) is 7.59. The van der Waals surface area contributed by atoms with E-state index < -0.39 is 5.78 Å². The lowest BCUT2D eigenvalue weighted by atomic mass is 9.79. The SMILES string of the molecule is CC1(C)C2=C3C=C4C=CC(=O)C(O)=C4OC3CCN2c2ccccc21.CCOC(CC[N+]1=C(C)C(C)(C)c2ccccc21)OCC. The molecule has 1 aliphatic carbocycles. The highest BCUT2D eigenvalue weighted by atomic mass is 16.7. The number of fused-ring (bicyclic) bond motifs is 6. The number of aliphatic hydroxyl groups excluding tert-OH is 1. The number of allylic oxidation sites excluding steroid dienone is 3. The Morgan fingerprint density at radius 3 is 2.37 bits per heavy atom. The average Bonchev–Trinajstić information content (AvgIpc) is 3.40. The molecular formula is C39H47N2O5+. The van der Waals surface area contributed by atoms with Gasteiger partial charge >= 0.3 is 0 Å². The lowest BCUT2D eigenvalue weighted by molar-refractivity contribution is -0.444. The summed E-state index contributed by atoms with van der Waals surface area (Å²) in [7, 11) is 0. The molecule has 4 aliphatic heterocycles. The molecule has 2 aromatic rings. The first-order chi connectivity index (χ1) is 22.0. The fourth-order valence-electron chi connectivity index (χ4n) is 7.59. The molecule has 46 heavy (non-hydrogen) atoms. The second-order valence-corrected chi connectivity index (χ2v) is 13.5. The molecular weight excluding hydrogens is 576 g/mol. The van der Waals surface area contributed by atoms with E-state index in [0.29, 0.717) is 19.0 Å². The third-order valence-electron chi connectivity index (χ3n) is 10.1. The monoisotopic (exact) mass is 623 g/mol. The number of para-hydroxylation sites is 2. The second kappa shape index (κ2) is 12.3. The summed E-state index contributed by atoms with van der Waals surface area (Å²) in [6, 6.07) is 17.2. The van der Waals surface area contributed by atoms with Gasteiger partial charge in [0.25, 0.3) is 0 Å². The molecule has 0 saturated carbocycles. The third kappa shape index (κ3) is 5.33. The summed E-state index contributed by atoms with van der Waals surface area (Å²) in [6.07, 6.45) is 6.68. The summed E-state index contributed by atoms with van der Waals surface area (Å²) in [5, 5.41) is 10.1. The largest absolute Gasteiger partial charge is 0.502 e. The van der Waals surface area contributed by atoms with E-state index in [1.807, 2.05) is 13.8 Å². The molecule has 7 nitrogen and oxygen atoms in total. The smallest absolute Gasteiger partial charge is 0.224 e. The molecule has 5 aliphatic rings. The van der Waals surface area contributed by atoms with Gasteiger partial charge < -0.3 is 24.2 Å². The number of rotatable bonds is 7. The van der Waals surface area contributed by atoms with Crippen molar-refractivity contribution < 1.29 is 28.7 Å². The first-order valence-corrected chi connectivity index (χ1v) is 16.6. The van der Waals surface area contributed by atoms with Gasteiger partial charge in [-0.25, -0.2) is 0 Å². The summed E-state index contributed by atoms with van der Waals surface area (Å²) in [4.78, 5) is 14.1. The van der Waals surface area contributed by atoms with Gasteiger partial charge in [-0.1, -0.05) is 50.2 Å². The zero-order chi connectivity index (χ0) is 32.8. The van der Waals surface area contributed by atoms with Gasteiger partial charge in [-0.15, -0.1) is 0 Å². The van der Waals surface area contributed by atoms with E-state index in [9.17, 15) is 9.90 Å². The van der Waals surface area contributed by atoms with Gasteiger partial charge in [0.15, 0.2) is 24.3 Å². The van der Waals surface area contributed by atoms with Crippen LogP contribution in [0.4, 0.5) is 11.4 Å². The Bertz CT molecular complexity index is 1700. The van der Waals surface area contributed by atoms with Gasteiger partial charge in [-0.3, -0.25) is 4.79 Å². The first-order valence-electron chi connectivity index (χ1n) is 16.6. The molecule has 0 radical (unpaired) electrons. The Balaban J connectivity index is 0.000000165. The summed E-state index contributed by atoms with van der Waals surface area (Å²) in [6.45, 7) is 18.5. The first kappa shape index (κ1) is 32.0. The van der Waals surface area contributed by atoms with Crippen molar-refractivity contribution >= 4 is 22.9 Å². The van der Waals surface area contributed by atoms with Crippen LogP contribution in [0, 0.1) is 0 Å². The van der Waals surface area contributed by atoms with Crippen LogP contribution in [0.2, 0.25) is 0 Å². The minimum absolute atomic E-state index is 0.101. The minimum atomic E-state index is -0.394. The van der Waals surface area contributed by atoms with Crippen molar-refractivity contribution in [3.05, 3.63) is 106 Å². The molecule has 0 spiro atoms. The van der Waals surface area contributed by atoms with E-state index in [1.54, 1.807) is 6.08 Å². The second-order valence-electron chi connectivity index (χ2n) is 13.5. The lowest BCUT2D eigenvalue weighted by Gasteiger charge is -2.40. The molecule has 7 rings (SSSR count). The highest BCUT2D eigenvalue weighted by Crippen LogP contribution is 2.52. The van der Waals surface area contributed by atoms with Gasteiger partial charge in [0.1, 0.15) is 6.10 Å². The molecule has 1 N–H and O–H groups in total. The number of aliphatic hydroxyl groups is 1. The number of ketones is 1. The predicted octanol–water partition coefficient (Wildman–Crippen LogP) is 7.55. The molecule has 1 unspecified atom stereocenters. The number of carbonyl (C=O) groups is 1. The highest BCUT2D eigenvalue weighted by molar-refractivity contribution is 6.05. The van der Waals surface area contributed by atoms with E-state index in [1.165, 1.54) is 40.0 Å². The van der Waals surface area contributed by atoms with Crippen molar-refractivity contribution in [1.82, 2.24) is 0 Å². The Labute approximate surface area is 273 Å². The van der Waals surface area contributed by atoms with E-state index >= 15 is 0 Å². The van der Waals surface area contributed by atoms with Crippen LogP contribution in [0.15, 0.2) is 95.1 Å². The molecule has 242 valence electrons. The van der Waals surface area contributed by atoms with Crippen LogP contribution in [0.25, 0.3) is 0 Å². The minimum Gasteiger partial charge on any atom is -0.502 e. The number of benzene rings is 2. The van der Waals surface area contributed by atoms with Crippen LogP contribution >= 0.6 is 0 Å². The van der Waals surface area contributed by atoms with Crippen molar-refractivity contribution in [2.45, 2.75) is 84.5 Å². The topological polar surface area (TPSA) is 71.2 Å². The maximum Gasteiger partial charge on any atom is 0.224 e. The molecule has 0 aromatic heterocycles. The normalized spacial score (nSPS) is 21.7. The summed E-state index contributed by atoms with van der Waals surface area (Å²) in [5.41, 5.74) is 9.91. The molecule has 2 aromatic carbocycles. The van der Waals surface area contributed by atoms with Crippen molar-refractivity contribution in [2.24, 2.45) is 0 Å². The van der Waals surface area contributed by atoms with Crippen LogP contribution in [0.3, 0.4) is 0 Å². The number of hydrogen-bond donors (Lipinski definition) is 1. The van der Waals surface area contributed by atoms with Crippen molar-refractivity contribution in [1.29, 1.82) is 0 Å². The zero-order valence-corrected chi connectivity index (χ0v) is 28.2. The Hall–Kier alpha value is -3.94. The van der Waals surface area contributed by atoms with E-state index in [0.717, 1.165) is 37.1 Å². The van der Waals surface area contributed by atoms with Gasteiger partial charge in [0.2, 0.25) is 17.2 Å². The highest BCUT2D eigenvalue weighted by Gasteiger charge is 2.47. The summed E-state index contributed by atoms with van der Waals surface area (Å²) in [5.74, 6) is -0.355. The van der Waals surface area contributed by atoms with Gasteiger partial charge in [-0.05, 0) is 57.6 Å². The Kier molecular flexibility index (Phi) is 8.59.